The van der Waals surface area contributed by atoms with Crippen LogP contribution in [0.4, 0.5) is 0 Å². The van der Waals surface area contributed by atoms with Crippen LogP contribution in [-0.4, -0.2) is 16.7 Å². The second-order valence-corrected chi connectivity index (χ2v) is 4.64. The Morgan fingerprint density at radius 3 is 2.62 bits per heavy atom. The van der Waals surface area contributed by atoms with Gasteiger partial charge in [-0.15, -0.1) is 0 Å². The van der Waals surface area contributed by atoms with Gasteiger partial charge in [0.15, 0.2) is 11.5 Å². The number of fused-ring (bicyclic) bond motifs is 1. The van der Waals surface area contributed by atoms with Crippen molar-refractivity contribution in [1.29, 1.82) is 5.26 Å². The van der Waals surface area contributed by atoms with Gasteiger partial charge in [-0.3, -0.25) is 0 Å². The van der Waals surface area contributed by atoms with Gasteiger partial charge >= 0.3 is 0 Å². The van der Waals surface area contributed by atoms with Crippen molar-refractivity contribution in [3.63, 3.8) is 0 Å². The second kappa shape index (κ2) is 5.75. The smallest absolute Gasteiger partial charge is 0.196 e. The van der Waals surface area contributed by atoms with Crippen LogP contribution in [0.15, 0.2) is 46.9 Å². The van der Waals surface area contributed by atoms with E-state index >= 15 is 0 Å². The highest BCUT2D eigenvalue weighted by Gasteiger charge is 2.07. The maximum absolute atomic E-state index is 8.82. The fourth-order valence-corrected chi connectivity index (χ4v) is 2.16. The minimum atomic E-state index is 0.398. The number of nitriles is 1. The van der Waals surface area contributed by atoms with E-state index in [0.717, 1.165) is 22.2 Å². The lowest BCUT2D eigenvalue weighted by Crippen LogP contribution is -2.11. The Morgan fingerprint density at radius 2 is 1.90 bits per heavy atom. The van der Waals surface area contributed by atoms with Crippen molar-refractivity contribution in [1.82, 2.24) is 10.5 Å². The fraction of sp³-hybridized carbons (Fsp3) is 0.125. The molecule has 2 N–H and O–H groups in total. The quantitative estimate of drug-likeness (QED) is 0.717. The molecule has 0 atom stereocenters. The van der Waals surface area contributed by atoms with E-state index in [4.69, 9.17) is 14.9 Å². The molecule has 0 amide bonds. The summed E-state index contributed by atoms with van der Waals surface area (Å²) in [5.41, 5.74) is 6.27. The first-order valence-corrected chi connectivity index (χ1v) is 6.57. The van der Waals surface area contributed by atoms with Gasteiger partial charge in [0.1, 0.15) is 5.52 Å². The highest BCUT2D eigenvalue weighted by Crippen LogP contribution is 2.25. The summed E-state index contributed by atoms with van der Waals surface area (Å²) < 4.78 is 5.59. The lowest BCUT2D eigenvalue weighted by Gasteiger charge is -2.00. The van der Waals surface area contributed by atoms with E-state index in [1.807, 2.05) is 30.3 Å². The van der Waals surface area contributed by atoms with Crippen LogP contribution in [0.25, 0.3) is 22.2 Å². The van der Waals surface area contributed by atoms with Gasteiger partial charge in [-0.05, 0) is 35.4 Å². The molecule has 0 aliphatic heterocycles. The standard InChI is InChI=1S/C16H13N3O2/c17-10-11-1-3-12(4-2-11)13-5-6-15-14(9-13)19-16(21-15)7-8-18-20/h1-6,9,18,20H,7-8H2. The van der Waals surface area contributed by atoms with Gasteiger partial charge in [0.05, 0.1) is 11.6 Å². The zero-order valence-corrected chi connectivity index (χ0v) is 11.2. The van der Waals surface area contributed by atoms with Gasteiger partial charge in [-0.25, -0.2) is 10.5 Å². The number of oxazole rings is 1. The molecule has 0 saturated heterocycles. The largest absolute Gasteiger partial charge is 0.441 e. The second-order valence-electron chi connectivity index (χ2n) is 4.64. The van der Waals surface area contributed by atoms with E-state index < -0.39 is 0 Å². The molecule has 3 rings (SSSR count). The van der Waals surface area contributed by atoms with Crippen molar-refractivity contribution < 1.29 is 9.62 Å². The molecule has 0 aliphatic carbocycles. The minimum absolute atomic E-state index is 0.398. The normalized spacial score (nSPS) is 10.7. The Labute approximate surface area is 121 Å². The molecule has 0 fully saturated rings. The summed E-state index contributed by atoms with van der Waals surface area (Å²) in [6.45, 7) is 0.398. The zero-order chi connectivity index (χ0) is 14.7. The van der Waals surface area contributed by atoms with Gasteiger partial charge in [0.25, 0.3) is 0 Å². The van der Waals surface area contributed by atoms with E-state index in [9.17, 15) is 0 Å². The van der Waals surface area contributed by atoms with Gasteiger partial charge < -0.3 is 9.62 Å². The predicted octanol–water partition coefficient (Wildman–Crippen LogP) is 2.89. The zero-order valence-electron chi connectivity index (χ0n) is 11.2. The summed E-state index contributed by atoms with van der Waals surface area (Å²) in [6.07, 6.45) is 0.525. The number of aromatic nitrogens is 1. The molecule has 0 unspecified atom stereocenters. The summed E-state index contributed by atoms with van der Waals surface area (Å²) in [7, 11) is 0. The molecule has 0 bridgehead atoms. The molecule has 1 heterocycles. The SMILES string of the molecule is N#Cc1ccc(-c2ccc3oc(CCNO)nc3c2)cc1. The Bertz CT molecular complexity index is 800. The Morgan fingerprint density at radius 1 is 1.14 bits per heavy atom. The number of benzene rings is 2. The molecule has 0 saturated carbocycles. The maximum atomic E-state index is 8.82. The van der Waals surface area contributed by atoms with E-state index in [1.165, 1.54) is 0 Å². The molecule has 0 radical (unpaired) electrons. The highest BCUT2D eigenvalue weighted by atomic mass is 16.5. The van der Waals surface area contributed by atoms with Crippen LogP contribution in [0.1, 0.15) is 11.5 Å². The molecule has 5 nitrogen and oxygen atoms in total. The highest BCUT2D eigenvalue weighted by molar-refractivity contribution is 5.80. The number of hydrogen-bond acceptors (Lipinski definition) is 5. The summed E-state index contributed by atoms with van der Waals surface area (Å²) in [5.74, 6) is 0.587. The molecule has 104 valence electrons. The van der Waals surface area contributed by atoms with Gasteiger partial charge in [-0.1, -0.05) is 18.2 Å². The number of nitrogens with zero attached hydrogens (tertiary/aromatic N) is 2. The predicted molar refractivity (Wildman–Crippen MR) is 77.7 cm³/mol. The maximum Gasteiger partial charge on any atom is 0.196 e. The van der Waals surface area contributed by atoms with Crippen LogP contribution < -0.4 is 5.48 Å². The van der Waals surface area contributed by atoms with Crippen molar-refractivity contribution in [2.24, 2.45) is 0 Å². The Kier molecular flexibility index (Phi) is 3.65. The molecular formula is C16H13N3O2. The molecule has 1 aromatic heterocycles. The van der Waals surface area contributed by atoms with Gasteiger partial charge in [0, 0.05) is 13.0 Å². The Hall–Kier alpha value is -2.68. The number of hydrogen-bond donors (Lipinski definition) is 2. The number of hydroxylamine groups is 1. The van der Waals surface area contributed by atoms with Crippen LogP contribution in [0, 0.1) is 11.3 Å². The van der Waals surface area contributed by atoms with E-state index in [2.05, 4.69) is 16.5 Å². The summed E-state index contributed by atoms with van der Waals surface area (Å²) >= 11 is 0. The lowest BCUT2D eigenvalue weighted by atomic mass is 10.0. The van der Waals surface area contributed by atoms with Crippen LogP contribution in [0.5, 0.6) is 0 Å². The van der Waals surface area contributed by atoms with Crippen molar-refractivity contribution in [2.45, 2.75) is 6.42 Å². The summed E-state index contributed by atoms with van der Waals surface area (Å²) in [6, 6.07) is 15.3. The third-order valence-electron chi connectivity index (χ3n) is 3.23. The van der Waals surface area contributed by atoms with Crippen LogP contribution >= 0.6 is 0 Å². The first-order chi connectivity index (χ1) is 10.3. The van der Waals surface area contributed by atoms with Crippen LogP contribution in [0.2, 0.25) is 0 Å². The summed E-state index contributed by atoms with van der Waals surface area (Å²) in [5, 5.41) is 17.4. The monoisotopic (exact) mass is 279 g/mol. The van der Waals surface area contributed by atoms with Gasteiger partial charge in [0.2, 0.25) is 0 Å². The van der Waals surface area contributed by atoms with Crippen LogP contribution in [-0.2, 0) is 6.42 Å². The molecule has 5 heteroatoms. The third kappa shape index (κ3) is 2.77. The van der Waals surface area contributed by atoms with Crippen LogP contribution in [0.3, 0.4) is 0 Å². The molecule has 2 aromatic carbocycles. The fourth-order valence-electron chi connectivity index (χ4n) is 2.16. The van der Waals surface area contributed by atoms with E-state index in [0.29, 0.717) is 24.4 Å². The first kappa shape index (κ1) is 13.3. The molecule has 3 aromatic rings. The lowest BCUT2D eigenvalue weighted by molar-refractivity contribution is 0.166. The van der Waals surface area contributed by atoms with E-state index in [1.54, 1.807) is 12.1 Å². The topological polar surface area (TPSA) is 82.1 Å². The first-order valence-electron chi connectivity index (χ1n) is 6.57. The number of nitrogens with one attached hydrogen (secondary N) is 1. The molecule has 0 aliphatic rings. The molecular weight excluding hydrogens is 266 g/mol. The summed E-state index contributed by atoms with van der Waals surface area (Å²) in [4.78, 5) is 4.40. The average molecular weight is 279 g/mol. The average Bonchev–Trinajstić information content (AvgIpc) is 2.95. The number of rotatable bonds is 4. The van der Waals surface area contributed by atoms with Crippen molar-refractivity contribution in [2.75, 3.05) is 6.54 Å². The van der Waals surface area contributed by atoms with Crippen molar-refractivity contribution >= 4 is 11.1 Å². The van der Waals surface area contributed by atoms with Gasteiger partial charge in [-0.2, -0.15) is 5.26 Å². The van der Waals surface area contributed by atoms with Crippen molar-refractivity contribution in [3.05, 3.63) is 53.9 Å². The Balaban J connectivity index is 1.94. The molecule has 0 spiro atoms. The minimum Gasteiger partial charge on any atom is -0.441 e. The third-order valence-corrected chi connectivity index (χ3v) is 3.23. The van der Waals surface area contributed by atoms with E-state index in [-0.39, 0.29) is 0 Å². The molecule has 21 heavy (non-hydrogen) atoms. The van der Waals surface area contributed by atoms with Crippen molar-refractivity contribution in [3.8, 4) is 17.2 Å².